The summed E-state index contributed by atoms with van der Waals surface area (Å²) in [6, 6.07) is -0.419. The Morgan fingerprint density at radius 1 is 1.19 bits per heavy atom. The van der Waals surface area contributed by atoms with Crippen LogP contribution in [0.25, 0.3) is 0 Å². The summed E-state index contributed by atoms with van der Waals surface area (Å²) in [6.45, 7) is 12.9. The van der Waals surface area contributed by atoms with Gasteiger partial charge in [-0.05, 0) is 81.7 Å². The van der Waals surface area contributed by atoms with E-state index in [1.54, 1.807) is 0 Å². The zero-order chi connectivity index (χ0) is 23.4. The molecule has 1 aliphatic carbocycles. The van der Waals surface area contributed by atoms with E-state index in [9.17, 15) is 14.4 Å². The molecule has 7 nitrogen and oxygen atoms in total. The molecule has 32 heavy (non-hydrogen) atoms. The van der Waals surface area contributed by atoms with Gasteiger partial charge in [0.15, 0.2) is 0 Å². The minimum absolute atomic E-state index is 0.181. The van der Waals surface area contributed by atoms with Crippen LogP contribution in [0.15, 0.2) is 0 Å². The molecular formula is C25H44N4O3. The van der Waals surface area contributed by atoms with Gasteiger partial charge in [0.25, 0.3) is 5.91 Å². The van der Waals surface area contributed by atoms with Crippen molar-refractivity contribution in [2.45, 2.75) is 91.0 Å². The number of urea groups is 1. The van der Waals surface area contributed by atoms with Crippen molar-refractivity contribution in [2.75, 3.05) is 32.7 Å². The molecule has 3 aliphatic rings. The Labute approximate surface area is 194 Å². The SMILES string of the molecule is CCC(C)(C)C1CCC2(CC1)NC(=O)N(CC(=O)NCCCCN1CCCC(C)C1)C2=O. The predicted octanol–water partition coefficient (Wildman–Crippen LogP) is 3.53. The van der Waals surface area contributed by atoms with E-state index in [1.807, 2.05) is 0 Å². The molecule has 0 aromatic heterocycles. The van der Waals surface area contributed by atoms with Gasteiger partial charge < -0.3 is 15.5 Å². The monoisotopic (exact) mass is 448 g/mol. The summed E-state index contributed by atoms with van der Waals surface area (Å²) in [7, 11) is 0. The zero-order valence-electron chi connectivity index (χ0n) is 20.7. The molecule has 1 unspecified atom stereocenters. The van der Waals surface area contributed by atoms with Crippen molar-refractivity contribution >= 4 is 17.8 Å². The standard InChI is InChI=1S/C25H44N4O3/c1-5-24(3,4)20-10-12-25(13-11-20)22(31)29(23(32)27-25)18-21(30)26-14-6-7-15-28-16-8-9-19(2)17-28/h19-20H,5-18H2,1-4H3,(H,26,30)(H,27,32). The van der Waals surface area contributed by atoms with Gasteiger partial charge in [0.2, 0.25) is 5.91 Å². The maximum absolute atomic E-state index is 13.1. The van der Waals surface area contributed by atoms with Crippen LogP contribution in [0.4, 0.5) is 4.79 Å². The molecule has 0 radical (unpaired) electrons. The third kappa shape index (κ3) is 5.83. The van der Waals surface area contributed by atoms with Crippen LogP contribution in [0.3, 0.4) is 0 Å². The number of rotatable bonds is 9. The summed E-state index contributed by atoms with van der Waals surface area (Å²) in [5.41, 5.74) is -0.553. The molecule has 1 atom stereocenters. The second kappa shape index (κ2) is 10.5. The highest BCUT2D eigenvalue weighted by atomic mass is 16.2. The molecule has 2 N–H and O–H groups in total. The fourth-order valence-corrected chi connectivity index (χ4v) is 5.72. The van der Waals surface area contributed by atoms with Gasteiger partial charge in [-0.25, -0.2) is 4.79 Å². The number of nitrogens with one attached hydrogen (secondary N) is 2. The molecule has 2 heterocycles. The van der Waals surface area contributed by atoms with E-state index in [0.717, 1.165) is 49.5 Å². The summed E-state index contributed by atoms with van der Waals surface area (Å²) < 4.78 is 0. The van der Waals surface area contributed by atoms with Gasteiger partial charge in [-0.1, -0.05) is 34.1 Å². The van der Waals surface area contributed by atoms with Crippen LogP contribution in [-0.4, -0.2) is 65.9 Å². The molecule has 0 aromatic rings. The number of carbonyl (C=O) groups is 3. The highest BCUT2D eigenvalue weighted by Crippen LogP contribution is 2.45. The number of piperidine rings is 1. The quantitative estimate of drug-likeness (QED) is 0.418. The molecule has 1 saturated carbocycles. The average Bonchev–Trinajstić information content (AvgIpc) is 2.98. The molecule has 3 rings (SSSR count). The lowest BCUT2D eigenvalue weighted by Crippen LogP contribution is -2.51. The molecule has 3 fully saturated rings. The first-order chi connectivity index (χ1) is 15.2. The largest absolute Gasteiger partial charge is 0.355 e. The highest BCUT2D eigenvalue weighted by molar-refractivity contribution is 6.09. The van der Waals surface area contributed by atoms with Crippen LogP contribution in [0.2, 0.25) is 0 Å². The van der Waals surface area contributed by atoms with Gasteiger partial charge >= 0.3 is 6.03 Å². The normalized spacial score (nSPS) is 29.4. The topological polar surface area (TPSA) is 81.8 Å². The predicted molar refractivity (Wildman–Crippen MR) is 126 cm³/mol. The second-order valence-electron chi connectivity index (χ2n) is 11.1. The van der Waals surface area contributed by atoms with Crippen molar-refractivity contribution in [1.82, 2.24) is 20.4 Å². The van der Waals surface area contributed by atoms with E-state index >= 15 is 0 Å². The number of carbonyl (C=O) groups excluding carboxylic acids is 3. The number of nitrogens with zero attached hydrogens (tertiary/aromatic N) is 2. The van der Waals surface area contributed by atoms with Gasteiger partial charge in [0.05, 0.1) is 0 Å². The first-order valence-electron chi connectivity index (χ1n) is 12.8. The summed E-state index contributed by atoms with van der Waals surface area (Å²) in [6.07, 6.45) is 8.87. The highest BCUT2D eigenvalue weighted by Gasteiger charge is 2.53. The lowest BCUT2D eigenvalue weighted by Gasteiger charge is -2.42. The van der Waals surface area contributed by atoms with Crippen LogP contribution in [0.5, 0.6) is 0 Å². The number of imide groups is 1. The summed E-state index contributed by atoms with van der Waals surface area (Å²) in [5.74, 6) is 0.875. The van der Waals surface area contributed by atoms with Gasteiger partial charge in [-0.15, -0.1) is 0 Å². The van der Waals surface area contributed by atoms with E-state index in [-0.39, 0.29) is 23.8 Å². The summed E-state index contributed by atoms with van der Waals surface area (Å²) in [4.78, 5) is 41.6. The van der Waals surface area contributed by atoms with Crippen LogP contribution >= 0.6 is 0 Å². The molecule has 2 aliphatic heterocycles. The smallest absolute Gasteiger partial charge is 0.325 e. The molecule has 2 saturated heterocycles. The number of hydrogen-bond donors (Lipinski definition) is 2. The van der Waals surface area contributed by atoms with Crippen molar-refractivity contribution in [3.63, 3.8) is 0 Å². The van der Waals surface area contributed by atoms with Gasteiger partial charge in [-0.3, -0.25) is 14.5 Å². The third-order valence-electron chi connectivity index (χ3n) is 8.37. The van der Waals surface area contributed by atoms with Gasteiger partial charge in [-0.2, -0.15) is 0 Å². The van der Waals surface area contributed by atoms with Crippen LogP contribution in [0.1, 0.15) is 85.5 Å². The minimum Gasteiger partial charge on any atom is -0.355 e. The van der Waals surface area contributed by atoms with Crippen LogP contribution < -0.4 is 10.6 Å². The van der Waals surface area contributed by atoms with E-state index < -0.39 is 11.6 Å². The maximum Gasteiger partial charge on any atom is 0.325 e. The van der Waals surface area contributed by atoms with E-state index in [4.69, 9.17) is 0 Å². The number of likely N-dealkylation sites (tertiary alicyclic amines) is 1. The van der Waals surface area contributed by atoms with Gasteiger partial charge in [0.1, 0.15) is 12.1 Å². The Bertz CT molecular complexity index is 685. The summed E-state index contributed by atoms with van der Waals surface area (Å²) >= 11 is 0. The summed E-state index contributed by atoms with van der Waals surface area (Å²) in [5, 5.41) is 5.82. The molecule has 0 aromatic carbocycles. The lowest BCUT2D eigenvalue weighted by atomic mass is 9.65. The van der Waals surface area contributed by atoms with Gasteiger partial charge in [0, 0.05) is 13.1 Å². The number of unbranched alkanes of at least 4 members (excludes halogenated alkanes) is 1. The van der Waals surface area contributed by atoms with Crippen LogP contribution in [0, 0.1) is 17.3 Å². The van der Waals surface area contributed by atoms with Crippen molar-refractivity contribution in [3.05, 3.63) is 0 Å². The Morgan fingerprint density at radius 2 is 1.91 bits per heavy atom. The molecule has 4 amide bonds. The second-order valence-corrected chi connectivity index (χ2v) is 11.1. The zero-order valence-corrected chi connectivity index (χ0v) is 20.7. The average molecular weight is 449 g/mol. The van der Waals surface area contributed by atoms with Crippen molar-refractivity contribution in [1.29, 1.82) is 0 Å². The Hall–Kier alpha value is -1.63. The number of amides is 4. The lowest BCUT2D eigenvalue weighted by molar-refractivity contribution is -0.136. The Morgan fingerprint density at radius 3 is 2.56 bits per heavy atom. The van der Waals surface area contributed by atoms with Crippen molar-refractivity contribution in [2.24, 2.45) is 17.3 Å². The molecule has 0 bridgehead atoms. The number of hydrogen-bond acceptors (Lipinski definition) is 4. The first kappa shape index (κ1) is 25.0. The van der Waals surface area contributed by atoms with Crippen molar-refractivity contribution < 1.29 is 14.4 Å². The molecule has 182 valence electrons. The third-order valence-corrected chi connectivity index (χ3v) is 8.37. The van der Waals surface area contributed by atoms with E-state index in [1.165, 1.54) is 25.9 Å². The van der Waals surface area contributed by atoms with Crippen LogP contribution in [-0.2, 0) is 9.59 Å². The molecule has 1 spiro atoms. The van der Waals surface area contributed by atoms with E-state index in [2.05, 4.69) is 43.2 Å². The van der Waals surface area contributed by atoms with Crippen molar-refractivity contribution in [3.8, 4) is 0 Å². The molecular weight excluding hydrogens is 404 g/mol. The first-order valence-corrected chi connectivity index (χ1v) is 12.8. The maximum atomic E-state index is 13.1. The van der Waals surface area contributed by atoms with E-state index in [0.29, 0.717) is 25.3 Å². The fourth-order valence-electron chi connectivity index (χ4n) is 5.72. The Kier molecular flexibility index (Phi) is 8.23. The molecule has 7 heteroatoms. The Balaban J connectivity index is 1.39. The fraction of sp³-hybridized carbons (Fsp3) is 0.880. The minimum atomic E-state index is -0.802.